The van der Waals surface area contributed by atoms with Gasteiger partial charge in [0.25, 0.3) is 0 Å². The van der Waals surface area contributed by atoms with Crippen molar-refractivity contribution in [2.75, 3.05) is 13.7 Å². The molecule has 0 bridgehead atoms. The molecule has 1 aliphatic rings. The quantitative estimate of drug-likeness (QED) is 0.778. The van der Waals surface area contributed by atoms with Crippen LogP contribution in [-0.4, -0.2) is 25.7 Å². The number of rotatable bonds is 3. The number of carbonyl (C=O) groups excluding carboxylic acids is 1. The van der Waals surface area contributed by atoms with Gasteiger partial charge in [0, 0.05) is 25.0 Å². The second-order valence-electron chi connectivity index (χ2n) is 5.43. The average Bonchev–Trinajstić information content (AvgIpc) is 2.59. The van der Waals surface area contributed by atoms with Crippen molar-refractivity contribution in [1.29, 1.82) is 0 Å². The Morgan fingerprint density at radius 2 is 2.07 bits per heavy atom. The van der Waals surface area contributed by atoms with Gasteiger partial charge in [-0.15, -0.1) is 0 Å². The van der Waals surface area contributed by atoms with Crippen LogP contribution < -0.4 is 5.32 Å². The second kappa shape index (κ2) is 4.97. The zero-order chi connectivity index (χ0) is 11.5. The summed E-state index contributed by atoms with van der Waals surface area (Å²) < 4.78 is 5.39. The summed E-state index contributed by atoms with van der Waals surface area (Å²) in [5.74, 6) is 0.630. The molecule has 0 aromatic carbocycles. The highest BCUT2D eigenvalue weighted by Gasteiger charge is 2.28. The first-order chi connectivity index (χ1) is 6.95. The summed E-state index contributed by atoms with van der Waals surface area (Å²) in [7, 11) is 1.76. The van der Waals surface area contributed by atoms with Crippen molar-refractivity contribution in [1.82, 2.24) is 5.32 Å². The summed E-state index contributed by atoms with van der Waals surface area (Å²) in [4.78, 5) is 11.7. The molecule has 15 heavy (non-hydrogen) atoms. The zero-order valence-electron chi connectivity index (χ0n) is 10.3. The van der Waals surface area contributed by atoms with Crippen molar-refractivity contribution in [3.05, 3.63) is 0 Å². The molecular formula is C12H23NO2. The van der Waals surface area contributed by atoms with E-state index in [0.29, 0.717) is 12.0 Å². The van der Waals surface area contributed by atoms with Gasteiger partial charge in [0.2, 0.25) is 5.91 Å². The molecule has 0 spiro atoms. The van der Waals surface area contributed by atoms with Crippen LogP contribution in [-0.2, 0) is 9.53 Å². The van der Waals surface area contributed by atoms with Gasteiger partial charge in [-0.2, -0.15) is 0 Å². The molecule has 0 aliphatic heterocycles. The van der Waals surface area contributed by atoms with E-state index in [9.17, 15) is 4.79 Å². The summed E-state index contributed by atoms with van der Waals surface area (Å²) in [6.45, 7) is 6.56. The molecule has 88 valence electrons. The molecule has 2 atom stereocenters. The molecule has 0 heterocycles. The van der Waals surface area contributed by atoms with E-state index in [1.54, 1.807) is 7.11 Å². The number of amides is 1. The Balaban J connectivity index is 2.34. The lowest BCUT2D eigenvalue weighted by Crippen LogP contribution is -2.39. The lowest BCUT2D eigenvalue weighted by Gasteiger charge is -2.22. The van der Waals surface area contributed by atoms with Crippen LogP contribution in [0.2, 0.25) is 0 Å². The summed E-state index contributed by atoms with van der Waals surface area (Å²) in [6.07, 6.45) is 3.86. The smallest absolute Gasteiger partial charge is 0.225 e. The van der Waals surface area contributed by atoms with Gasteiger partial charge < -0.3 is 10.1 Å². The standard InChI is InChI=1S/C12H23NO2/c1-12(2,3)11(14)13-8-9-6-5-7-10(9)15-4/h9-10H,5-8H2,1-4H3,(H,13,14). The first kappa shape index (κ1) is 12.5. The molecule has 3 nitrogen and oxygen atoms in total. The van der Waals surface area contributed by atoms with Gasteiger partial charge in [0.1, 0.15) is 0 Å². The van der Waals surface area contributed by atoms with Crippen molar-refractivity contribution in [2.24, 2.45) is 11.3 Å². The Morgan fingerprint density at radius 3 is 2.60 bits per heavy atom. The Hall–Kier alpha value is -0.570. The Morgan fingerprint density at radius 1 is 1.40 bits per heavy atom. The molecule has 0 radical (unpaired) electrons. The SMILES string of the molecule is COC1CCCC1CNC(=O)C(C)(C)C. The summed E-state index contributed by atoms with van der Waals surface area (Å²) in [5, 5.41) is 3.01. The molecule has 1 amide bonds. The highest BCUT2D eigenvalue weighted by atomic mass is 16.5. The van der Waals surface area contributed by atoms with E-state index >= 15 is 0 Å². The van der Waals surface area contributed by atoms with E-state index < -0.39 is 0 Å². The van der Waals surface area contributed by atoms with Crippen molar-refractivity contribution in [3.63, 3.8) is 0 Å². The van der Waals surface area contributed by atoms with E-state index in [1.165, 1.54) is 12.8 Å². The maximum absolute atomic E-state index is 11.7. The van der Waals surface area contributed by atoms with Crippen LogP contribution in [0.5, 0.6) is 0 Å². The van der Waals surface area contributed by atoms with Gasteiger partial charge in [0.05, 0.1) is 6.10 Å². The van der Waals surface area contributed by atoms with Gasteiger partial charge >= 0.3 is 0 Å². The van der Waals surface area contributed by atoms with Gasteiger partial charge in [-0.25, -0.2) is 0 Å². The van der Waals surface area contributed by atoms with Crippen LogP contribution in [0.25, 0.3) is 0 Å². The van der Waals surface area contributed by atoms with Gasteiger partial charge in [-0.1, -0.05) is 27.2 Å². The molecule has 1 rings (SSSR count). The van der Waals surface area contributed by atoms with Gasteiger partial charge in [0.15, 0.2) is 0 Å². The van der Waals surface area contributed by atoms with Crippen molar-refractivity contribution < 1.29 is 9.53 Å². The predicted molar refractivity (Wildman–Crippen MR) is 60.6 cm³/mol. The highest BCUT2D eigenvalue weighted by molar-refractivity contribution is 5.81. The second-order valence-corrected chi connectivity index (χ2v) is 5.43. The predicted octanol–water partition coefficient (Wildman–Crippen LogP) is 1.96. The number of hydrogen-bond acceptors (Lipinski definition) is 2. The van der Waals surface area contributed by atoms with Crippen LogP contribution >= 0.6 is 0 Å². The molecule has 0 aromatic rings. The number of nitrogens with one attached hydrogen (secondary N) is 1. The molecule has 0 saturated heterocycles. The zero-order valence-corrected chi connectivity index (χ0v) is 10.3. The van der Waals surface area contributed by atoms with E-state index in [2.05, 4.69) is 5.32 Å². The molecule has 0 aromatic heterocycles. The largest absolute Gasteiger partial charge is 0.381 e. The minimum absolute atomic E-state index is 0.129. The van der Waals surface area contributed by atoms with Crippen LogP contribution in [0.15, 0.2) is 0 Å². The average molecular weight is 213 g/mol. The molecule has 2 unspecified atom stereocenters. The third-order valence-corrected chi connectivity index (χ3v) is 3.10. The fourth-order valence-electron chi connectivity index (χ4n) is 2.04. The molecule has 3 heteroatoms. The monoisotopic (exact) mass is 213 g/mol. The van der Waals surface area contributed by atoms with Crippen LogP contribution in [0.4, 0.5) is 0 Å². The van der Waals surface area contributed by atoms with Crippen molar-refractivity contribution >= 4 is 5.91 Å². The maximum atomic E-state index is 11.7. The Labute approximate surface area is 92.6 Å². The van der Waals surface area contributed by atoms with E-state index in [1.807, 2.05) is 20.8 Å². The van der Waals surface area contributed by atoms with E-state index in [-0.39, 0.29) is 11.3 Å². The van der Waals surface area contributed by atoms with Crippen LogP contribution in [0, 0.1) is 11.3 Å². The molecule has 1 N–H and O–H groups in total. The highest BCUT2D eigenvalue weighted by Crippen LogP contribution is 2.27. The first-order valence-corrected chi connectivity index (χ1v) is 5.76. The normalized spacial score (nSPS) is 26.7. The summed E-state index contributed by atoms with van der Waals surface area (Å²) >= 11 is 0. The first-order valence-electron chi connectivity index (χ1n) is 5.76. The fourth-order valence-corrected chi connectivity index (χ4v) is 2.04. The van der Waals surface area contributed by atoms with Crippen molar-refractivity contribution in [3.8, 4) is 0 Å². The molecular weight excluding hydrogens is 190 g/mol. The fraction of sp³-hybridized carbons (Fsp3) is 0.917. The summed E-state index contributed by atoms with van der Waals surface area (Å²) in [5.41, 5.74) is -0.291. The Bertz CT molecular complexity index is 220. The van der Waals surface area contributed by atoms with E-state index in [4.69, 9.17) is 4.74 Å². The van der Waals surface area contributed by atoms with Gasteiger partial charge in [-0.05, 0) is 12.8 Å². The van der Waals surface area contributed by atoms with Crippen LogP contribution in [0.1, 0.15) is 40.0 Å². The third kappa shape index (κ3) is 3.49. The van der Waals surface area contributed by atoms with Crippen molar-refractivity contribution in [2.45, 2.75) is 46.1 Å². The number of methoxy groups -OCH3 is 1. The topological polar surface area (TPSA) is 38.3 Å². The molecule has 1 aliphatic carbocycles. The lowest BCUT2D eigenvalue weighted by atomic mass is 9.95. The van der Waals surface area contributed by atoms with Gasteiger partial charge in [-0.3, -0.25) is 4.79 Å². The maximum Gasteiger partial charge on any atom is 0.225 e. The van der Waals surface area contributed by atoms with Crippen LogP contribution in [0.3, 0.4) is 0 Å². The lowest BCUT2D eigenvalue weighted by molar-refractivity contribution is -0.128. The molecule has 1 saturated carbocycles. The number of hydrogen-bond donors (Lipinski definition) is 1. The Kier molecular flexibility index (Phi) is 4.14. The van der Waals surface area contributed by atoms with E-state index in [0.717, 1.165) is 13.0 Å². The number of carbonyl (C=O) groups is 1. The number of ether oxygens (including phenoxy) is 1. The molecule has 1 fully saturated rings. The summed E-state index contributed by atoms with van der Waals surface area (Å²) in [6, 6.07) is 0. The third-order valence-electron chi connectivity index (χ3n) is 3.10. The minimum Gasteiger partial charge on any atom is -0.381 e. The minimum atomic E-state index is -0.291.